The molecule has 0 radical (unpaired) electrons. The Bertz CT molecular complexity index is 1370. The maximum atomic E-state index is 13.1. The third-order valence-corrected chi connectivity index (χ3v) is 7.15. The van der Waals surface area contributed by atoms with E-state index in [0.717, 1.165) is 17.3 Å². The number of rotatable bonds is 7. The summed E-state index contributed by atoms with van der Waals surface area (Å²) in [7, 11) is -3.98. The number of anilines is 1. The summed E-state index contributed by atoms with van der Waals surface area (Å²) in [5, 5.41) is 3.52. The van der Waals surface area contributed by atoms with E-state index in [0.29, 0.717) is 22.6 Å². The van der Waals surface area contributed by atoms with Gasteiger partial charge in [-0.1, -0.05) is 48.9 Å². The van der Waals surface area contributed by atoms with Gasteiger partial charge in [-0.15, -0.1) is 0 Å². The van der Waals surface area contributed by atoms with Crippen molar-refractivity contribution in [3.8, 4) is 0 Å². The average molecular weight is 487 g/mol. The second-order valence-corrected chi connectivity index (χ2v) is 9.82. The van der Waals surface area contributed by atoms with Crippen LogP contribution in [-0.4, -0.2) is 29.6 Å². The first-order chi connectivity index (χ1) is 15.3. The molecule has 32 heavy (non-hydrogen) atoms. The van der Waals surface area contributed by atoms with Crippen LogP contribution in [0.2, 0.25) is 5.02 Å². The molecule has 1 unspecified atom stereocenters. The van der Waals surface area contributed by atoms with Crippen molar-refractivity contribution in [3.05, 3.63) is 82.9 Å². The Morgan fingerprint density at radius 1 is 1.03 bits per heavy atom. The van der Waals surface area contributed by atoms with Crippen LogP contribution in [-0.2, 0) is 10.0 Å². The number of benzene rings is 3. The third-order valence-electron chi connectivity index (χ3n) is 4.96. The lowest BCUT2D eigenvalue weighted by molar-refractivity contribution is 0.0952. The zero-order valence-corrected chi connectivity index (χ0v) is 19.3. The minimum Gasteiger partial charge on any atom is -0.351 e. The van der Waals surface area contributed by atoms with Crippen molar-refractivity contribution in [1.29, 1.82) is 0 Å². The lowest BCUT2D eigenvalue weighted by atomic mass is 10.0. The molecule has 1 atom stereocenters. The molecule has 4 aromatic rings. The Labute approximate surface area is 194 Å². The van der Waals surface area contributed by atoms with Crippen LogP contribution < -0.4 is 10.0 Å². The number of hydrogen-bond donors (Lipinski definition) is 2. The summed E-state index contributed by atoms with van der Waals surface area (Å²) < 4.78 is 36.8. The lowest BCUT2D eigenvalue weighted by Gasteiger charge is -2.16. The van der Waals surface area contributed by atoms with Crippen LogP contribution in [0.4, 0.5) is 5.69 Å². The molecular formula is C22H19ClN4O3S2. The first kappa shape index (κ1) is 22.2. The summed E-state index contributed by atoms with van der Waals surface area (Å²) in [6.45, 7) is 2.37. The van der Waals surface area contributed by atoms with Gasteiger partial charge >= 0.3 is 0 Å². The number of hydrogen-bond acceptors (Lipinski definition) is 6. The van der Waals surface area contributed by atoms with E-state index in [1.165, 1.54) is 6.07 Å². The molecule has 0 bridgehead atoms. The molecule has 10 heteroatoms. The van der Waals surface area contributed by atoms with Crippen LogP contribution in [0.15, 0.2) is 71.6 Å². The number of para-hydroxylation sites is 1. The Balaban J connectivity index is 1.53. The van der Waals surface area contributed by atoms with Crippen molar-refractivity contribution in [3.63, 3.8) is 0 Å². The number of halogens is 1. The van der Waals surface area contributed by atoms with E-state index in [1.54, 1.807) is 48.5 Å². The number of aromatic nitrogens is 2. The molecule has 3 aromatic carbocycles. The van der Waals surface area contributed by atoms with Gasteiger partial charge in [-0.2, -0.15) is 8.75 Å². The van der Waals surface area contributed by atoms with Gasteiger partial charge in [0, 0.05) is 11.6 Å². The number of fused-ring (bicyclic) bond motifs is 1. The van der Waals surface area contributed by atoms with E-state index in [-0.39, 0.29) is 28.0 Å². The van der Waals surface area contributed by atoms with Crippen LogP contribution in [0, 0.1) is 0 Å². The van der Waals surface area contributed by atoms with Gasteiger partial charge in [0.05, 0.1) is 23.0 Å². The van der Waals surface area contributed by atoms with Crippen LogP contribution >= 0.6 is 23.3 Å². The minimum atomic E-state index is -3.98. The lowest BCUT2D eigenvalue weighted by Crippen LogP contribution is -2.28. The number of carbonyl (C=O) groups is 1. The maximum Gasteiger partial charge on any atom is 0.264 e. The highest BCUT2D eigenvalue weighted by molar-refractivity contribution is 7.93. The fourth-order valence-electron chi connectivity index (χ4n) is 3.22. The summed E-state index contributed by atoms with van der Waals surface area (Å²) in [6, 6.07) is 18.7. The second-order valence-electron chi connectivity index (χ2n) is 7.20. The summed E-state index contributed by atoms with van der Waals surface area (Å²) in [5.41, 5.74) is 2.24. The van der Waals surface area contributed by atoms with Crippen molar-refractivity contribution in [2.45, 2.75) is 17.7 Å². The molecule has 1 heterocycles. The Morgan fingerprint density at radius 3 is 2.56 bits per heavy atom. The van der Waals surface area contributed by atoms with Crippen LogP contribution in [0.3, 0.4) is 0 Å². The first-order valence-corrected chi connectivity index (χ1v) is 12.3. The molecule has 1 aromatic heterocycles. The van der Waals surface area contributed by atoms with Crippen LogP contribution in [0.1, 0.15) is 28.8 Å². The van der Waals surface area contributed by atoms with Gasteiger partial charge in [-0.25, -0.2) is 8.42 Å². The first-order valence-electron chi connectivity index (χ1n) is 9.72. The van der Waals surface area contributed by atoms with Gasteiger partial charge < -0.3 is 5.32 Å². The van der Waals surface area contributed by atoms with E-state index >= 15 is 0 Å². The normalized spacial score (nSPS) is 12.4. The summed E-state index contributed by atoms with van der Waals surface area (Å²) in [6.07, 6.45) is 0. The topological polar surface area (TPSA) is 101 Å². The third kappa shape index (κ3) is 4.74. The summed E-state index contributed by atoms with van der Waals surface area (Å²) >= 11 is 6.87. The van der Waals surface area contributed by atoms with Gasteiger partial charge in [-0.05, 0) is 47.9 Å². The van der Waals surface area contributed by atoms with Gasteiger partial charge in [0.2, 0.25) is 0 Å². The predicted octanol–water partition coefficient (Wildman–Crippen LogP) is 4.68. The standard InChI is InChI=1S/C22H19ClN4O3S2/c1-14(15-9-11-16(23)12-10-15)13-24-22(28)17-5-2-3-6-18(17)27-32(29,30)20-8-4-7-19-21(20)26-31-25-19/h2-12,14,27H,13H2,1H3,(H,24,28). The van der Waals surface area contributed by atoms with Crippen molar-refractivity contribution >= 4 is 56.0 Å². The highest BCUT2D eigenvalue weighted by atomic mass is 35.5. The monoisotopic (exact) mass is 486 g/mol. The quantitative estimate of drug-likeness (QED) is 0.395. The molecule has 0 spiro atoms. The Hall–Kier alpha value is -3.01. The number of amides is 1. The van der Waals surface area contributed by atoms with Crippen LogP contribution in [0.25, 0.3) is 11.0 Å². The molecule has 164 valence electrons. The van der Waals surface area contributed by atoms with Gasteiger partial charge in [-0.3, -0.25) is 9.52 Å². The van der Waals surface area contributed by atoms with Gasteiger partial charge in [0.25, 0.3) is 15.9 Å². The van der Waals surface area contributed by atoms with E-state index in [1.807, 2.05) is 19.1 Å². The second kappa shape index (κ2) is 9.23. The molecular weight excluding hydrogens is 468 g/mol. The number of nitrogens with zero attached hydrogens (tertiary/aromatic N) is 2. The Kier molecular flexibility index (Phi) is 6.40. The summed E-state index contributed by atoms with van der Waals surface area (Å²) in [4.78, 5) is 12.9. The van der Waals surface area contributed by atoms with Crippen molar-refractivity contribution in [2.75, 3.05) is 11.3 Å². The van der Waals surface area contributed by atoms with E-state index in [4.69, 9.17) is 11.6 Å². The largest absolute Gasteiger partial charge is 0.351 e. The fourth-order valence-corrected chi connectivity index (χ4v) is 5.19. The average Bonchev–Trinajstić information content (AvgIpc) is 3.26. The minimum absolute atomic E-state index is 0.00956. The number of sulfonamides is 1. The molecule has 7 nitrogen and oxygen atoms in total. The number of carbonyl (C=O) groups excluding carboxylic acids is 1. The van der Waals surface area contributed by atoms with Gasteiger partial charge in [0.15, 0.2) is 0 Å². The molecule has 0 aliphatic heterocycles. The van der Waals surface area contributed by atoms with E-state index in [2.05, 4.69) is 18.8 Å². The van der Waals surface area contributed by atoms with Gasteiger partial charge in [0.1, 0.15) is 15.9 Å². The summed E-state index contributed by atoms with van der Waals surface area (Å²) in [5.74, 6) is -0.326. The molecule has 0 saturated carbocycles. The van der Waals surface area contributed by atoms with Crippen molar-refractivity contribution in [2.24, 2.45) is 0 Å². The van der Waals surface area contributed by atoms with Crippen LogP contribution in [0.5, 0.6) is 0 Å². The molecule has 0 aliphatic rings. The zero-order valence-electron chi connectivity index (χ0n) is 16.9. The number of nitrogens with one attached hydrogen (secondary N) is 2. The molecule has 0 saturated heterocycles. The predicted molar refractivity (Wildman–Crippen MR) is 127 cm³/mol. The molecule has 0 fully saturated rings. The van der Waals surface area contributed by atoms with Crippen molar-refractivity contribution in [1.82, 2.24) is 14.1 Å². The molecule has 4 rings (SSSR count). The molecule has 0 aliphatic carbocycles. The van der Waals surface area contributed by atoms with Crippen molar-refractivity contribution < 1.29 is 13.2 Å². The molecule has 2 N–H and O–H groups in total. The highest BCUT2D eigenvalue weighted by Gasteiger charge is 2.22. The smallest absolute Gasteiger partial charge is 0.264 e. The van der Waals surface area contributed by atoms with E-state index in [9.17, 15) is 13.2 Å². The van der Waals surface area contributed by atoms with E-state index < -0.39 is 10.0 Å². The SMILES string of the molecule is CC(CNC(=O)c1ccccc1NS(=O)(=O)c1cccc2nsnc12)c1ccc(Cl)cc1. The highest BCUT2D eigenvalue weighted by Crippen LogP contribution is 2.25. The zero-order chi connectivity index (χ0) is 22.7. The molecule has 1 amide bonds. The Morgan fingerprint density at radius 2 is 1.78 bits per heavy atom. The maximum absolute atomic E-state index is 13.1. The fraction of sp³-hybridized carbons (Fsp3) is 0.136.